The van der Waals surface area contributed by atoms with Gasteiger partial charge in [0.05, 0.1) is 4.90 Å². The fourth-order valence-electron chi connectivity index (χ4n) is 3.60. The van der Waals surface area contributed by atoms with E-state index in [0.29, 0.717) is 24.4 Å². The SMILES string of the molecule is Cc1ccc(S(=O)(=O)N2CCc3[nH]c4ccc(C)cc4c3CC2)cc1. The maximum Gasteiger partial charge on any atom is 0.243 e. The number of hydrogen-bond acceptors (Lipinski definition) is 2. The van der Waals surface area contributed by atoms with Crippen LogP contribution in [-0.4, -0.2) is 30.8 Å². The first-order chi connectivity index (χ1) is 11.9. The molecule has 0 spiro atoms. The molecular formula is C20H22N2O2S. The summed E-state index contributed by atoms with van der Waals surface area (Å²) < 4.78 is 27.5. The zero-order valence-electron chi connectivity index (χ0n) is 14.5. The van der Waals surface area contributed by atoms with Crippen molar-refractivity contribution >= 4 is 20.9 Å². The molecule has 0 unspecified atom stereocenters. The smallest absolute Gasteiger partial charge is 0.243 e. The summed E-state index contributed by atoms with van der Waals surface area (Å²) in [6, 6.07) is 13.5. The Bertz CT molecular complexity index is 1030. The largest absolute Gasteiger partial charge is 0.358 e. The Morgan fingerprint density at radius 3 is 2.36 bits per heavy atom. The number of benzene rings is 2. The molecule has 2 aromatic carbocycles. The van der Waals surface area contributed by atoms with E-state index in [2.05, 4.69) is 30.1 Å². The van der Waals surface area contributed by atoms with Crippen molar-refractivity contribution in [3.8, 4) is 0 Å². The molecule has 1 aliphatic rings. The summed E-state index contributed by atoms with van der Waals surface area (Å²) in [5, 5.41) is 1.23. The van der Waals surface area contributed by atoms with Crippen LogP contribution in [0.2, 0.25) is 0 Å². The molecule has 0 aliphatic carbocycles. The van der Waals surface area contributed by atoms with E-state index in [1.54, 1.807) is 16.4 Å². The lowest BCUT2D eigenvalue weighted by atomic mass is 10.1. The van der Waals surface area contributed by atoms with Gasteiger partial charge < -0.3 is 4.98 Å². The van der Waals surface area contributed by atoms with Gasteiger partial charge in [0, 0.05) is 36.1 Å². The van der Waals surface area contributed by atoms with Crippen molar-refractivity contribution in [2.45, 2.75) is 31.6 Å². The van der Waals surface area contributed by atoms with Gasteiger partial charge in [-0.05, 0) is 50.1 Å². The lowest BCUT2D eigenvalue weighted by molar-refractivity contribution is 0.426. The highest BCUT2D eigenvalue weighted by Gasteiger charge is 2.27. The molecule has 130 valence electrons. The van der Waals surface area contributed by atoms with Crippen LogP contribution in [0.15, 0.2) is 47.4 Å². The lowest BCUT2D eigenvalue weighted by Gasteiger charge is -2.20. The van der Waals surface area contributed by atoms with Crippen LogP contribution in [0.1, 0.15) is 22.4 Å². The van der Waals surface area contributed by atoms with Crippen LogP contribution in [-0.2, 0) is 22.9 Å². The van der Waals surface area contributed by atoms with E-state index in [-0.39, 0.29) is 0 Å². The van der Waals surface area contributed by atoms with Gasteiger partial charge in [-0.15, -0.1) is 0 Å². The molecular weight excluding hydrogens is 332 g/mol. The maximum atomic E-state index is 13.0. The predicted octanol–water partition coefficient (Wildman–Crippen LogP) is 3.57. The fourth-order valence-corrected chi connectivity index (χ4v) is 5.04. The minimum atomic E-state index is -3.44. The topological polar surface area (TPSA) is 53.2 Å². The summed E-state index contributed by atoms with van der Waals surface area (Å²) in [4.78, 5) is 3.86. The van der Waals surface area contributed by atoms with E-state index < -0.39 is 10.0 Å². The van der Waals surface area contributed by atoms with Crippen LogP contribution in [0, 0.1) is 13.8 Å². The second-order valence-corrected chi connectivity index (χ2v) is 8.79. The number of aryl methyl sites for hydroxylation is 2. The molecule has 0 amide bonds. The monoisotopic (exact) mass is 354 g/mol. The van der Waals surface area contributed by atoms with Crippen molar-refractivity contribution in [1.29, 1.82) is 0 Å². The number of nitrogens with zero attached hydrogens (tertiary/aromatic N) is 1. The van der Waals surface area contributed by atoms with Gasteiger partial charge >= 0.3 is 0 Å². The van der Waals surface area contributed by atoms with Crippen molar-refractivity contribution in [2.75, 3.05) is 13.1 Å². The van der Waals surface area contributed by atoms with Gasteiger partial charge in [0.15, 0.2) is 0 Å². The number of nitrogens with one attached hydrogen (secondary N) is 1. The third kappa shape index (κ3) is 2.87. The molecule has 0 bridgehead atoms. The minimum absolute atomic E-state index is 0.379. The Morgan fingerprint density at radius 2 is 1.60 bits per heavy atom. The average molecular weight is 354 g/mol. The van der Waals surface area contributed by atoms with Gasteiger partial charge in [0.25, 0.3) is 0 Å². The summed E-state index contributed by atoms with van der Waals surface area (Å²) in [5.74, 6) is 0. The second kappa shape index (κ2) is 6.00. The molecule has 0 radical (unpaired) electrons. The van der Waals surface area contributed by atoms with Crippen molar-refractivity contribution in [3.05, 3.63) is 64.8 Å². The van der Waals surface area contributed by atoms with Crippen LogP contribution in [0.25, 0.3) is 10.9 Å². The number of aromatic nitrogens is 1. The molecule has 3 aromatic rings. The fraction of sp³-hybridized carbons (Fsp3) is 0.300. The average Bonchev–Trinajstić information content (AvgIpc) is 2.78. The third-order valence-corrected chi connectivity index (χ3v) is 6.94. The summed E-state index contributed by atoms with van der Waals surface area (Å²) in [6.07, 6.45) is 1.46. The van der Waals surface area contributed by atoms with Gasteiger partial charge in [-0.3, -0.25) is 0 Å². The molecule has 4 nitrogen and oxygen atoms in total. The van der Waals surface area contributed by atoms with Crippen LogP contribution in [0.5, 0.6) is 0 Å². The molecule has 4 rings (SSSR count). The first-order valence-corrected chi connectivity index (χ1v) is 10.1. The summed E-state index contributed by atoms with van der Waals surface area (Å²) in [7, 11) is -3.44. The molecule has 0 saturated carbocycles. The molecule has 5 heteroatoms. The zero-order chi connectivity index (χ0) is 17.6. The highest BCUT2D eigenvalue weighted by atomic mass is 32.2. The molecule has 2 heterocycles. The van der Waals surface area contributed by atoms with E-state index in [1.165, 1.54) is 22.2 Å². The van der Waals surface area contributed by atoms with Gasteiger partial charge in [-0.25, -0.2) is 8.42 Å². The van der Waals surface area contributed by atoms with Crippen LogP contribution < -0.4 is 0 Å². The van der Waals surface area contributed by atoms with Crippen molar-refractivity contribution in [1.82, 2.24) is 9.29 Å². The predicted molar refractivity (Wildman–Crippen MR) is 100 cm³/mol. The van der Waals surface area contributed by atoms with Gasteiger partial charge in [-0.1, -0.05) is 29.3 Å². The van der Waals surface area contributed by atoms with Crippen molar-refractivity contribution in [3.63, 3.8) is 0 Å². The minimum Gasteiger partial charge on any atom is -0.358 e. The normalized spacial score (nSPS) is 15.9. The van der Waals surface area contributed by atoms with Crippen molar-refractivity contribution < 1.29 is 8.42 Å². The highest BCUT2D eigenvalue weighted by molar-refractivity contribution is 7.89. The van der Waals surface area contributed by atoms with E-state index in [9.17, 15) is 8.42 Å². The summed E-state index contributed by atoms with van der Waals surface area (Å²) in [5.41, 5.74) is 5.86. The molecule has 0 atom stereocenters. The molecule has 0 saturated heterocycles. The Labute approximate surface area is 148 Å². The Kier molecular flexibility index (Phi) is 3.93. The zero-order valence-corrected chi connectivity index (χ0v) is 15.4. The maximum absolute atomic E-state index is 13.0. The number of rotatable bonds is 2. The molecule has 1 aliphatic heterocycles. The van der Waals surface area contributed by atoms with Crippen LogP contribution >= 0.6 is 0 Å². The first-order valence-electron chi connectivity index (χ1n) is 8.62. The van der Waals surface area contributed by atoms with Gasteiger partial charge in [-0.2, -0.15) is 4.31 Å². The number of aromatic amines is 1. The van der Waals surface area contributed by atoms with Gasteiger partial charge in [0.1, 0.15) is 0 Å². The third-order valence-electron chi connectivity index (χ3n) is 5.03. The van der Waals surface area contributed by atoms with E-state index in [4.69, 9.17) is 0 Å². The lowest BCUT2D eigenvalue weighted by Crippen LogP contribution is -2.33. The molecule has 1 N–H and O–H groups in total. The standard InChI is InChI=1S/C20H22N2O2S/c1-14-3-6-16(7-4-14)25(23,24)22-11-9-17-18-13-15(2)5-8-19(18)21-20(17)10-12-22/h3-8,13,21H,9-12H2,1-2H3. The summed E-state index contributed by atoms with van der Waals surface area (Å²) in [6.45, 7) is 5.07. The highest BCUT2D eigenvalue weighted by Crippen LogP contribution is 2.28. The Morgan fingerprint density at radius 1 is 0.920 bits per heavy atom. The number of H-pyrrole nitrogens is 1. The number of fused-ring (bicyclic) bond motifs is 3. The van der Waals surface area contributed by atoms with E-state index in [1.807, 2.05) is 19.1 Å². The van der Waals surface area contributed by atoms with Crippen molar-refractivity contribution in [2.24, 2.45) is 0 Å². The number of sulfonamides is 1. The van der Waals surface area contributed by atoms with E-state index >= 15 is 0 Å². The molecule has 25 heavy (non-hydrogen) atoms. The van der Waals surface area contributed by atoms with Crippen LogP contribution in [0.4, 0.5) is 0 Å². The summed E-state index contributed by atoms with van der Waals surface area (Å²) >= 11 is 0. The Balaban J connectivity index is 1.65. The quantitative estimate of drug-likeness (QED) is 0.765. The molecule has 1 aromatic heterocycles. The van der Waals surface area contributed by atoms with E-state index in [0.717, 1.165) is 17.5 Å². The van der Waals surface area contributed by atoms with Gasteiger partial charge in [0.2, 0.25) is 10.0 Å². The second-order valence-electron chi connectivity index (χ2n) is 6.85. The first kappa shape index (κ1) is 16.4. The molecule has 0 fully saturated rings. The Hall–Kier alpha value is -2.11. The number of hydrogen-bond donors (Lipinski definition) is 1. The van der Waals surface area contributed by atoms with Crippen LogP contribution in [0.3, 0.4) is 0 Å².